The molecule has 11 heteroatoms. The third kappa shape index (κ3) is 6.42. The molecule has 0 spiro atoms. The minimum absolute atomic E-state index is 0.0762. The summed E-state index contributed by atoms with van der Waals surface area (Å²) >= 11 is 5.63. The van der Waals surface area contributed by atoms with Crippen molar-refractivity contribution in [2.24, 2.45) is 0 Å². The van der Waals surface area contributed by atoms with Crippen LogP contribution in [0.5, 0.6) is 0 Å². The molecule has 1 aliphatic rings. The molecule has 9 nitrogen and oxygen atoms in total. The number of halogens is 1. The third-order valence-electron chi connectivity index (χ3n) is 5.64. The van der Waals surface area contributed by atoms with Gasteiger partial charge in [0, 0.05) is 0 Å². The number of amides is 2. The molecule has 0 saturated heterocycles. The number of benzene rings is 1. The molecule has 0 bridgehead atoms. The van der Waals surface area contributed by atoms with Gasteiger partial charge in [-0.1, -0.05) is 0 Å². The van der Waals surface area contributed by atoms with E-state index in [2.05, 4.69) is 20.7 Å². The van der Waals surface area contributed by atoms with E-state index in [1.54, 1.807) is 28.2 Å². The maximum atomic E-state index is 12.8. The van der Waals surface area contributed by atoms with Gasteiger partial charge in [-0.25, -0.2) is 0 Å². The molecule has 35 heavy (non-hydrogen) atoms. The van der Waals surface area contributed by atoms with Crippen LogP contribution in [0.3, 0.4) is 0 Å². The molecular formula is C24H29AsClN7O2. The second kappa shape index (κ2) is 11.2. The molecule has 0 saturated carbocycles. The molecule has 2 amide bonds. The summed E-state index contributed by atoms with van der Waals surface area (Å²) in [5.74, 6) is 0.619. The summed E-state index contributed by atoms with van der Waals surface area (Å²) < 4.78 is 3.65. The van der Waals surface area contributed by atoms with E-state index in [4.69, 9.17) is 11.6 Å². The number of carbonyl (C=O) groups is 2. The fourth-order valence-corrected chi connectivity index (χ4v) is 6.76. The van der Waals surface area contributed by atoms with Crippen LogP contribution < -0.4 is 19.3 Å². The van der Waals surface area contributed by atoms with E-state index in [0.29, 0.717) is 17.4 Å². The van der Waals surface area contributed by atoms with E-state index in [1.807, 2.05) is 50.3 Å². The van der Waals surface area contributed by atoms with Crippen LogP contribution in [0.25, 0.3) is 0 Å². The first-order valence-corrected chi connectivity index (χ1v) is 13.8. The predicted molar refractivity (Wildman–Crippen MR) is 140 cm³/mol. The van der Waals surface area contributed by atoms with E-state index in [1.165, 1.54) is 0 Å². The Balaban J connectivity index is 1.44. The second-order valence-electron chi connectivity index (χ2n) is 8.70. The van der Waals surface area contributed by atoms with E-state index < -0.39 is 15.8 Å². The molecule has 2 aromatic heterocycles. The van der Waals surface area contributed by atoms with Gasteiger partial charge in [-0.2, -0.15) is 0 Å². The summed E-state index contributed by atoms with van der Waals surface area (Å²) in [5, 5.41) is 11.0. The molecule has 0 fully saturated rings. The summed E-state index contributed by atoms with van der Waals surface area (Å²) in [6.07, 6.45) is 5.92. The molecule has 184 valence electrons. The zero-order valence-electron chi connectivity index (χ0n) is 20.0. The van der Waals surface area contributed by atoms with Crippen molar-refractivity contribution in [2.45, 2.75) is 13.0 Å². The minimum atomic E-state index is -0.871. The van der Waals surface area contributed by atoms with Crippen molar-refractivity contribution in [1.82, 2.24) is 29.9 Å². The SMILES string of the molecule is CN(C)CCNC(=O)Cn1cc(Nc2cc([AsH]c3cccc4c3C(=O)N(C)CC4)c(Cl)cn2)cn1. The number of nitrogens with one attached hydrogen (secondary N) is 2. The van der Waals surface area contributed by atoms with Gasteiger partial charge < -0.3 is 4.90 Å². The fourth-order valence-electron chi connectivity index (χ4n) is 3.78. The normalized spacial score (nSPS) is 13.5. The molecule has 3 heterocycles. The molecule has 1 unspecified atom stereocenters. The topological polar surface area (TPSA) is 95.4 Å². The van der Waals surface area contributed by atoms with Crippen molar-refractivity contribution >= 4 is 59.4 Å². The van der Waals surface area contributed by atoms with Gasteiger partial charge in [-0.3, -0.25) is 0 Å². The molecular weight excluding hydrogens is 529 g/mol. The Labute approximate surface area is 216 Å². The van der Waals surface area contributed by atoms with Crippen LogP contribution in [0.15, 0.2) is 42.9 Å². The van der Waals surface area contributed by atoms with Crippen LogP contribution in [-0.2, 0) is 17.8 Å². The number of aromatic nitrogens is 3. The quantitative estimate of drug-likeness (QED) is 0.369. The number of likely N-dealkylation sites (N-methyl/N-ethyl adjacent to an activating group) is 2. The zero-order chi connectivity index (χ0) is 24.9. The summed E-state index contributed by atoms with van der Waals surface area (Å²) in [5.41, 5.74) is 2.66. The van der Waals surface area contributed by atoms with Crippen molar-refractivity contribution in [2.75, 3.05) is 46.1 Å². The monoisotopic (exact) mass is 557 g/mol. The first-order valence-electron chi connectivity index (χ1n) is 11.3. The van der Waals surface area contributed by atoms with Crippen molar-refractivity contribution in [3.05, 3.63) is 59.0 Å². The number of hydrogen-bond donors (Lipinski definition) is 2. The molecule has 1 aromatic carbocycles. The Kier molecular flexibility index (Phi) is 8.11. The number of fused-ring (bicyclic) bond motifs is 1. The van der Waals surface area contributed by atoms with Crippen LogP contribution >= 0.6 is 11.6 Å². The number of hydrogen-bond acceptors (Lipinski definition) is 6. The maximum absolute atomic E-state index is 12.8. The molecule has 0 aliphatic carbocycles. The van der Waals surface area contributed by atoms with Crippen LogP contribution in [0, 0.1) is 0 Å². The summed E-state index contributed by atoms with van der Waals surface area (Å²) in [6, 6.07) is 8.03. The average Bonchev–Trinajstić information content (AvgIpc) is 3.25. The predicted octanol–water partition coefficient (Wildman–Crippen LogP) is 0.368. The van der Waals surface area contributed by atoms with Crippen LogP contribution in [0.4, 0.5) is 11.5 Å². The third-order valence-corrected chi connectivity index (χ3v) is 9.15. The van der Waals surface area contributed by atoms with Crippen LogP contribution in [0.1, 0.15) is 15.9 Å². The van der Waals surface area contributed by atoms with Crippen molar-refractivity contribution in [3.63, 3.8) is 0 Å². The molecule has 4 rings (SSSR count). The first kappa shape index (κ1) is 25.2. The van der Waals surface area contributed by atoms with Crippen molar-refractivity contribution < 1.29 is 9.59 Å². The van der Waals surface area contributed by atoms with Crippen LogP contribution in [0.2, 0.25) is 5.02 Å². The molecule has 1 atom stereocenters. The number of anilines is 2. The van der Waals surface area contributed by atoms with Crippen LogP contribution in [-0.4, -0.2) is 92.9 Å². The Morgan fingerprint density at radius 2 is 2.09 bits per heavy atom. The summed E-state index contributed by atoms with van der Waals surface area (Å²) in [7, 11) is 5.76. The zero-order valence-corrected chi connectivity index (χ0v) is 22.9. The molecule has 0 radical (unpaired) electrons. The van der Waals surface area contributed by atoms with Gasteiger partial charge in [0.1, 0.15) is 0 Å². The van der Waals surface area contributed by atoms with E-state index >= 15 is 0 Å². The molecule has 3 aromatic rings. The standard InChI is InChI=1S/C24H29AsClN7O2/c1-31(2)10-8-27-22(34)15-33-14-17(12-29-33)30-21-11-19(20(26)13-28-21)25-18-6-4-5-16-7-9-32(3)24(35)23(16)18/h4-6,11-14,25H,7-10,15H2,1-3H3,(H,27,34)(H,28,30). The number of pyridine rings is 1. The van der Waals surface area contributed by atoms with Gasteiger partial charge in [0.2, 0.25) is 0 Å². The van der Waals surface area contributed by atoms with Gasteiger partial charge in [0.15, 0.2) is 0 Å². The van der Waals surface area contributed by atoms with Crippen molar-refractivity contribution in [3.8, 4) is 0 Å². The Bertz CT molecular complexity index is 1230. The van der Waals surface area contributed by atoms with E-state index in [9.17, 15) is 9.59 Å². The Hall–Kier alpha value is -2.87. The average molecular weight is 558 g/mol. The van der Waals surface area contributed by atoms with Gasteiger partial charge in [-0.05, 0) is 14.1 Å². The van der Waals surface area contributed by atoms with Gasteiger partial charge >= 0.3 is 198 Å². The molecule has 2 N–H and O–H groups in total. The number of carbonyl (C=O) groups excluding carboxylic acids is 2. The summed E-state index contributed by atoms with van der Waals surface area (Å²) in [4.78, 5) is 33.1. The van der Waals surface area contributed by atoms with E-state index in [-0.39, 0.29) is 18.4 Å². The summed E-state index contributed by atoms with van der Waals surface area (Å²) in [6.45, 7) is 2.25. The van der Waals surface area contributed by atoms with E-state index in [0.717, 1.165) is 45.0 Å². The molecule has 1 aliphatic heterocycles. The van der Waals surface area contributed by atoms with Gasteiger partial charge in [0.25, 0.3) is 0 Å². The van der Waals surface area contributed by atoms with Crippen molar-refractivity contribution in [1.29, 1.82) is 0 Å². The number of nitrogens with zero attached hydrogens (tertiary/aromatic N) is 5. The second-order valence-corrected chi connectivity index (χ2v) is 11.9. The van der Waals surface area contributed by atoms with Gasteiger partial charge in [-0.15, -0.1) is 0 Å². The first-order chi connectivity index (χ1) is 16.8. The van der Waals surface area contributed by atoms with Gasteiger partial charge in [0.05, 0.1) is 0 Å². The Morgan fingerprint density at radius 1 is 1.26 bits per heavy atom. The Morgan fingerprint density at radius 3 is 2.89 bits per heavy atom. The fraction of sp³-hybridized carbons (Fsp3) is 0.333. The number of rotatable bonds is 9.